The maximum absolute atomic E-state index is 12.2. The maximum Gasteiger partial charge on any atom is 0.251 e. The van der Waals surface area contributed by atoms with Crippen LogP contribution in [0.3, 0.4) is 0 Å². The van der Waals surface area contributed by atoms with Gasteiger partial charge in [0.1, 0.15) is 11.8 Å². The number of aliphatic hydroxyl groups excluding tert-OH is 1. The molecular weight excluding hydrogens is 476 g/mol. The van der Waals surface area contributed by atoms with Crippen LogP contribution in [0.25, 0.3) is 39.1 Å². The molecule has 5 heterocycles. The van der Waals surface area contributed by atoms with Gasteiger partial charge < -0.3 is 15.0 Å². The molecule has 5 aromatic rings. The molecule has 1 aliphatic heterocycles. The second kappa shape index (κ2) is 9.04. The number of fused-ring (bicyclic) bond motifs is 3. The molecular formula is C27H25ClN6O2. The van der Waals surface area contributed by atoms with Gasteiger partial charge in [0.2, 0.25) is 0 Å². The molecule has 0 aliphatic carbocycles. The Labute approximate surface area is 212 Å². The number of hydrogen-bond acceptors (Lipinski definition) is 5. The van der Waals surface area contributed by atoms with Gasteiger partial charge in [-0.05, 0) is 25.8 Å². The van der Waals surface area contributed by atoms with Gasteiger partial charge in [-0.3, -0.25) is 9.78 Å². The van der Waals surface area contributed by atoms with E-state index in [-0.39, 0.29) is 11.8 Å². The van der Waals surface area contributed by atoms with Gasteiger partial charge in [-0.1, -0.05) is 48.0 Å². The number of carbonyl (C=O) groups excluding carboxylic acids is 1. The van der Waals surface area contributed by atoms with Gasteiger partial charge >= 0.3 is 0 Å². The van der Waals surface area contributed by atoms with Crippen LogP contribution in [0.2, 0.25) is 5.02 Å². The Balaban J connectivity index is 1.39. The van der Waals surface area contributed by atoms with Gasteiger partial charge in [-0.25, -0.2) is 4.98 Å². The number of aliphatic hydroxyl groups is 1. The summed E-state index contributed by atoms with van der Waals surface area (Å²) in [4.78, 5) is 27.0. The summed E-state index contributed by atoms with van der Waals surface area (Å²) in [6.45, 7) is 2.65. The molecule has 4 aromatic heterocycles. The highest BCUT2D eigenvalue weighted by Gasteiger charge is 2.29. The number of benzene rings is 1. The maximum atomic E-state index is 12.2. The summed E-state index contributed by atoms with van der Waals surface area (Å²) in [7, 11) is 0. The molecule has 1 fully saturated rings. The van der Waals surface area contributed by atoms with Crippen molar-refractivity contribution in [3.05, 3.63) is 71.8 Å². The van der Waals surface area contributed by atoms with Gasteiger partial charge in [0.15, 0.2) is 5.65 Å². The van der Waals surface area contributed by atoms with Crippen LogP contribution in [-0.4, -0.2) is 59.7 Å². The quantitative estimate of drug-likeness (QED) is 0.373. The third-order valence-corrected chi connectivity index (χ3v) is 7.24. The monoisotopic (exact) mass is 500 g/mol. The van der Waals surface area contributed by atoms with Crippen LogP contribution in [0, 0.1) is 0 Å². The first-order valence-corrected chi connectivity index (χ1v) is 12.4. The number of rotatable bonds is 4. The summed E-state index contributed by atoms with van der Waals surface area (Å²) in [5, 5.41) is 15.8. The minimum atomic E-state index is -0.988. The van der Waals surface area contributed by atoms with Crippen molar-refractivity contribution in [2.24, 2.45) is 0 Å². The van der Waals surface area contributed by atoms with Crippen LogP contribution in [-0.2, 0) is 4.79 Å². The summed E-state index contributed by atoms with van der Waals surface area (Å²) < 4.78 is 1.79. The van der Waals surface area contributed by atoms with Crippen molar-refractivity contribution in [2.75, 3.05) is 13.1 Å². The number of likely N-dealkylation sites (tertiary alicyclic amines) is 1. The van der Waals surface area contributed by atoms with E-state index in [4.69, 9.17) is 16.6 Å². The number of aromatic nitrogens is 5. The Morgan fingerprint density at radius 1 is 1.11 bits per heavy atom. The second-order valence-corrected chi connectivity index (χ2v) is 9.63. The molecule has 0 radical (unpaired) electrons. The molecule has 1 unspecified atom stereocenters. The van der Waals surface area contributed by atoms with Gasteiger partial charge in [0.25, 0.3) is 5.91 Å². The zero-order valence-corrected chi connectivity index (χ0v) is 20.5. The summed E-state index contributed by atoms with van der Waals surface area (Å²) in [6.07, 6.45) is 5.93. The number of pyridine rings is 1. The predicted molar refractivity (Wildman–Crippen MR) is 139 cm³/mol. The van der Waals surface area contributed by atoms with E-state index in [0.29, 0.717) is 18.1 Å². The zero-order valence-electron chi connectivity index (χ0n) is 19.7. The lowest BCUT2D eigenvalue weighted by Gasteiger charge is -2.32. The van der Waals surface area contributed by atoms with Crippen molar-refractivity contribution in [3.8, 4) is 22.4 Å². The molecule has 2 N–H and O–H groups in total. The van der Waals surface area contributed by atoms with Crippen molar-refractivity contribution in [1.29, 1.82) is 0 Å². The van der Waals surface area contributed by atoms with E-state index in [0.717, 1.165) is 57.6 Å². The van der Waals surface area contributed by atoms with Crippen LogP contribution >= 0.6 is 11.6 Å². The highest BCUT2D eigenvalue weighted by atomic mass is 35.5. The lowest BCUT2D eigenvalue weighted by molar-refractivity contribution is -0.140. The lowest BCUT2D eigenvalue weighted by atomic mass is 9.91. The topological polar surface area (TPSA) is 99.4 Å². The van der Waals surface area contributed by atoms with Crippen molar-refractivity contribution in [3.63, 3.8) is 0 Å². The fourth-order valence-electron chi connectivity index (χ4n) is 5.05. The molecule has 36 heavy (non-hydrogen) atoms. The van der Waals surface area contributed by atoms with E-state index >= 15 is 0 Å². The third-order valence-electron chi connectivity index (χ3n) is 6.94. The van der Waals surface area contributed by atoms with E-state index in [1.54, 1.807) is 15.6 Å². The van der Waals surface area contributed by atoms with E-state index < -0.39 is 6.10 Å². The molecule has 0 bridgehead atoms. The number of halogens is 1. The van der Waals surface area contributed by atoms with Gasteiger partial charge in [-0.15, -0.1) is 0 Å². The largest absolute Gasteiger partial charge is 0.384 e. The molecule has 1 saturated heterocycles. The Morgan fingerprint density at radius 3 is 2.58 bits per heavy atom. The first-order valence-electron chi connectivity index (χ1n) is 12.0. The Morgan fingerprint density at radius 2 is 1.89 bits per heavy atom. The van der Waals surface area contributed by atoms with Crippen LogP contribution in [0.5, 0.6) is 0 Å². The smallest absolute Gasteiger partial charge is 0.251 e. The first kappa shape index (κ1) is 22.7. The Bertz CT molecular complexity index is 1550. The van der Waals surface area contributed by atoms with E-state index in [1.807, 2.05) is 54.9 Å². The zero-order chi connectivity index (χ0) is 24.8. The summed E-state index contributed by atoms with van der Waals surface area (Å²) >= 11 is 6.60. The molecule has 9 heteroatoms. The number of piperidine rings is 1. The minimum absolute atomic E-state index is 0.130. The lowest BCUT2D eigenvalue weighted by Crippen LogP contribution is -2.42. The number of nitrogens with one attached hydrogen (secondary N) is 1. The summed E-state index contributed by atoms with van der Waals surface area (Å²) in [5.74, 6) is -0.101. The van der Waals surface area contributed by atoms with E-state index in [9.17, 15) is 9.90 Å². The molecule has 1 aromatic carbocycles. The van der Waals surface area contributed by atoms with Crippen LogP contribution in [0.4, 0.5) is 0 Å². The average molecular weight is 501 g/mol. The highest BCUT2D eigenvalue weighted by molar-refractivity contribution is 6.35. The number of H-pyrrole nitrogens is 1. The molecule has 8 nitrogen and oxygen atoms in total. The molecule has 182 valence electrons. The fourth-order valence-corrected chi connectivity index (χ4v) is 5.29. The minimum Gasteiger partial charge on any atom is -0.384 e. The Hall–Kier alpha value is -3.75. The van der Waals surface area contributed by atoms with Gasteiger partial charge in [0, 0.05) is 48.1 Å². The van der Waals surface area contributed by atoms with Gasteiger partial charge in [0.05, 0.1) is 28.0 Å². The highest BCUT2D eigenvalue weighted by Crippen LogP contribution is 2.37. The number of nitrogens with zero attached hydrogens (tertiary/aromatic N) is 5. The van der Waals surface area contributed by atoms with Crippen molar-refractivity contribution >= 4 is 34.2 Å². The van der Waals surface area contributed by atoms with Crippen molar-refractivity contribution in [2.45, 2.75) is 31.8 Å². The van der Waals surface area contributed by atoms with Crippen LogP contribution < -0.4 is 0 Å². The van der Waals surface area contributed by atoms with Crippen molar-refractivity contribution in [1.82, 2.24) is 29.5 Å². The third kappa shape index (κ3) is 3.83. The Kier molecular flexibility index (Phi) is 5.70. The molecule has 1 atom stereocenters. The van der Waals surface area contributed by atoms with E-state index in [1.165, 1.54) is 6.92 Å². The SMILES string of the molecule is CC(O)C(=O)N1CCC(c2nc3c(-c4ccc(-c5ccccc5)nc4)cnn3c3[nH]cc(Cl)c23)CC1. The number of amides is 1. The van der Waals surface area contributed by atoms with Crippen molar-refractivity contribution < 1.29 is 9.90 Å². The number of carbonyl (C=O) groups is 1. The molecule has 1 amide bonds. The summed E-state index contributed by atoms with van der Waals surface area (Å²) in [5.41, 5.74) is 6.21. The predicted octanol–water partition coefficient (Wildman–Crippen LogP) is 4.68. The normalized spacial score (nSPS) is 15.6. The number of hydrogen-bond donors (Lipinski definition) is 2. The molecule has 0 saturated carbocycles. The number of aromatic amines is 1. The average Bonchev–Trinajstić information content (AvgIpc) is 3.52. The molecule has 1 aliphatic rings. The second-order valence-electron chi connectivity index (χ2n) is 9.22. The fraction of sp³-hybridized carbons (Fsp3) is 0.259. The van der Waals surface area contributed by atoms with Crippen LogP contribution in [0.1, 0.15) is 31.4 Å². The van der Waals surface area contributed by atoms with Crippen LogP contribution in [0.15, 0.2) is 61.1 Å². The molecule has 0 spiro atoms. The summed E-state index contributed by atoms with van der Waals surface area (Å²) in [6, 6.07) is 14.1. The molecule has 6 rings (SSSR count). The van der Waals surface area contributed by atoms with E-state index in [2.05, 4.69) is 15.1 Å². The van der Waals surface area contributed by atoms with Gasteiger partial charge in [-0.2, -0.15) is 9.61 Å². The standard InChI is InChI=1S/C27H25ClN6O2/c1-16(35)27(36)33-11-9-18(10-12-33)24-23-21(28)15-30-26(23)34-25(32-24)20(14-31-34)19-7-8-22(29-13-19)17-5-3-2-4-6-17/h2-8,13-16,18,30,35H,9-12H2,1H3. The first-order chi connectivity index (χ1) is 17.5.